The standard InChI is InChI=1S/C6H8O4.Na.H/c1-2-4(6(9)10)3-5(7)8;;/h2H,3H2,1H3,(H,7,8)(H,9,10);;. The average molecular weight is 168 g/mol. The van der Waals surface area contributed by atoms with E-state index in [0.29, 0.717) is 0 Å². The van der Waals surface area contributed by atoms with Crippen molar-refractivity contribution in [1.82, 2.24) is 0 Å². The Kier molecular flexibility index (Phi) is 7.72. The molecule has 0 aromatic carbocycles. The van der Waals surface area contributed by atoms with E-state index in [2.05, 4.69) is 0 Å². The molecule has 0 heterocycles. The van der Waals surface area contributed by atoms with Crippen molar-refractivity contribution in [3.05, 3.63) is 11.6 Å². The Labute approximate surface area is 86.2 Å². The molecule has 5 heteroatoms. The number of aliphatic carboxylic acids is 2. The van der Waals surface area contributed by atoms with Crippen molar-refractivity contribution >= 4 is 41.5 Å². The Morgan fingerprint density at radius 3 is 1.91 bits per heavy atom. The van der Waals surface area contributed by atoms with Gasteiger partial charge in [0, 0.05) is 5.57 Å². The molecule has 11 heavy (non-hydrogen) atoms. The average Bonchev–Trinajstić information content (AvgIpc) is 1.81. The maximum absolute atomic E-state index is 10.1. The predicted molar refractivity (Wildman–Crippen MR) is 40.8 cm³/mol. The molecule has 0 bridgehead atoms. The van der Waals surface area contributed by atoms with Crippen LogP contribution in [0, 0.1) is 0 Å². The molecule has 2 N–H and O–H groups in total. The van der Waals surface area contributed by atoms with Crippen LogP contribution in [-0.2, 0) is 9.59 Å². The zero-order valence-electron chi connectivity index (χ0n) is 5.50. The van der Waals surface area contributed by atoms with Crippen molar-refractivity contribution < 1.29 is 19.8 Å². The summed E-state index contributed by atoms with van der Waals surface area (Å²) in [5.74, 6) is -2.31. The molecule has 0 aliphatic carbocycles. The molecule has 4 nitrogen and oxygen atoms in total. The van der Waals surface area contributed by atoms with E-state index < -0.39 is 18.4 Å². The second-order valence-electron chi connectivity index (χ2n) is 1.69. The van der Waals surface area contributed by atoms with Gasteiger partial charge in [0.15, 0.2) is 0 Å². The number of allylic oxidation sites excluding steroid dienone is 1. The molecule has 0 rings (SSSR count). The Balaban J connectivity index is 0. The first-order valence-corrected chi connectivity index (χ1v) is 2.68. The van der Waals surface area contributed by atoms with E-state index in [4.69, 9.17) is 10.2 Å². The third-order valence-corrected chi connectivity index (χ3v) is 0.965. The van der Waals surface area contributed by atoms with Gasteiger partial charge in [-0.2, -0.15) is 0 Å². The molecule has 0 atom stereocenters. The van der Waals surface area contributed by atoms with Gasteiger partial charge in [0.1, 0.15) is 0 Å². The van der Waals surface area contributed by atoms with E-state index in [1.54, 1.807) is 0 Å². The molecule has 58 valence electrons. The molecule has 0 aromatic rings. The van der Waals surface area contributed by atoms with Crippen LogP contribution >= 0.6 is 0 Å². The summed E-state index contributed by atoms with van der Waals surface area (Å²) in [5, 5.41) is 16.5. The van der Waals surface area contributed by atoms with Crippen LogP contribution in [0.5, 0.6) is 0 Å². The summed E-state index contributed by atoms with van der Waals surface area (Å²) in [7, 11) is 0. The molecule has 0 saturated heterocycles. The predicted octanol–water partition coefficient (Wildman–Crippen LogP) is -0.156. The zero-order chi connectivity index (χ0) is 8.15. The minimum absolute atomic E-state index is 0. The Morgan fingerprint density at radius 1 is 1.36 bits per heavy atom. The van der Waals surface area contributed by atoms with Crippen molar-refractivity contribution in [3.63, 3.8) is 0 Å². The molecular weight excluding hydrogens is 159 g/mol. The van der Waals surface area contributed by atoms with E-state index in [9.17, 15) is 9.59 Å². The van der Waals surface area contributed by atoms with Gasteiger partial charge in [-0.1, -0.05) is 6.08 Å². The second-order valence-corrected chi connectivity index (χ2v) is 1.69. The van der Waals surface area contributed by atoms with E-state index >= 15 is 0 Å². The number of carboxylic acids is 2. The van der Waals surface area contributed by atoms with Gasteiger partial charge in [0.2, 0.25) is 0 Å². The van der Waals surface area contributed by atoms with Crippen LogP contribution in [0.25, 0.3) is 0 Å². The van der Waals surface area contributed by atoms with Crippen LogP contribution in [0.4, 0.5) is 0 Å². The van der Waals surface area contributed by atoms with E-state index in [0.717, 1.165) is 0 Å². The SMILES string of the molecule is CC=C(CC(=O)O)C(=O)O.[NaH]. The van der Waals surface area contributed by atoms with Crippen molar-refractivity contribution in [2.24, 2.45) is 0 Å². The quantitative estimate of drug-likeness (QED) is 0.453. The zero-order valence-corrected chi connectivity index (χ0v) is 5.50. The summed E-state index contributed by atoms with van der Waals surface area (Å²) >= 11 is 0. The van der Waals surface area contributed by atoms with Crippen LogP contribution in [0.3, 0.4) is 0 Å². The van der Waals surface area contributed by atoms with Crippen molar-refractivity contribution in [2.45, 2.75) is 13.3 Å². The van der Waals surface area contributed by atoms with Crippen LogP contribution in [0.15, 0.2) is 11.6 Å². The molecule has 0 aliphatic heterocycles. The molecule has 0 fully saturated rings. The molecule has 0 saturated carbocycles. The van der Waals surface area contributed by atoms with Crippen LogP contribution in [-0.4, -0.2) is 51.7 Å². The van der Waals surface area contributed by atoms with Crippen molar-refractivity contribution in [2.75, 3.05) is 0 Å². The van der Waals surface area contributed by atoms with Crippen LogP contribution < -0.4 is 0 Å². The Bertz CT molecular complexity index is 185. The molecule has 0 amide bonds. The van der Waals surface area contributed by atoms with Crippen molar-refractivity contribution in [1.29, 1.82) is 0 Å². The molecule has 0 radical (unpaired) electrons. The van der Waals surface area contributed by atoms with Crippen molar-refractivity contribution in [3.8, 4) is 0 Å². The topological polar surface area (TPSA) is 74.6 Å². The van der Waals surface area contributed by atoms with Gasteiger partial charge in [-0.25, -0.2) is 4.79 Å². The van der Waals surface area contributed by atoms with E-state index in [-0.39, 0.29) is 35.1 Å². The summed E-state index contributed by atoms with van der Waals surface area (Å²) in [6.45, 7) is 1.49. The second kappa shape index (κ2) is 6.39. The summed E-state index contributed by atoms with van der Waals surface area (Å²) < 4.78 is 0. The monoisotopic (exact) mass is 168 g/mol. The number of hydrogen-bond acceptors (Lipinski definition) is 2. The number of rotatable bonds is 3. The number of hydrogen-bond donors (Lipinski definition) is 2. The maximum atomic E-state index is 10.1. The van der Waals surface area contributed by atoms with Gasteiger partial charge in [0.25, 0.3) is 0 Å². The minimum atomic E-state index is -1.18. The molecule has 0 aliphatic rings. The number of carboxylic acid groups (broad SMARTS) is 2. The fourth-order valence-electron chi connectivity index (χ4n) is 0.464. The van der Waals surface area contributed by atoms with Gasteiger partial charge in [0.05, 0.1) is 6.42 Å². The molecule has 0 spiro atoms. The fraction of sp³-hybridized carbons (Fsp3) is 0.333. The van der Waals surface area contributed by atoms with E-state index in [1.807, 2.05) is 0 Å². The first-order valence-electron chi connectivity index (χ1n) is 2.68. The Morgan fingerprint density at radius 2 is 1.82 bits per heavy atom. The number of carbonyl (C=O) groups is 2. The summed E-state index contributed by atoms with van der Waals surface area (Å²) in [5.41, 5.74) is -0.0903. The third kappa shape index (κ3) is 6.09. The summed E-state index contributed by atoms with van der Waals surface area (Å²) in [4.78, 5) is 20.1. The molecule has 0 unspecified atom stereocenters. The normalized spacial score (nSPS) is 10.1. The molecule has 0 aromatic heterocycles. The third-order valence-electron chi connectivity index (χ3n) is 0.965. The van der Waals surface area contributed by atoms with Gasteiger partial charge in [-0.15, -0.1) is 0 Å². The first-order chi connectivity index (χ1) is 4.57. The van der Waals surface area contributed by atoms with Crippen LogP contribution in [0.2, 0.25) is 0 Å². The van der Waals surface area contributed by atoms with Gasteiger partial charge >= 0.3 is 41.5 Å². The first kappa shape index (κ1) is 13.3. The molecular formula is C6H9NaO4. The summed E-state index contributed by atoms with van der Waals surface area (Å²) in [6.07, 6.45) is 0.849. The summed E-state index contributed by atoms with van der Waals surface area (Å²) in [6, 6.07) is 0. The fourth-order valence-corrected chi connectivity index (χ4v) is 0.464. The van der Waals surface area contributed by atoms with Gasteiger partial charge < -0.3 is 10.2 Å². The van der Waals surface area contributed by atoms with E-state index in [1.165, 1.54) is 13.0 Å². The van der Waals surface area contributed by atoms with Gasteiger partial charge in [-0.05, 0) is 6.92 Å². The Hall–Kier alpha value is -0.320. The van der Waals surface area contributed by atoms with Gasteiger partial charge in [-0.3, -0.25) is 4.79 Å². The van der Waals surface area contributed by atoms with Crippen LogP contribution in [0.1, 0.15) is 13.3 Å².